The van der Waals surface area contributed by atoms with Gasteiger partial charge in [-0.1, -0.05) is 60.7 Å². The molecular weight excluding hydrogens is 332 g/mol. The lowest BCUT2D eigenvalue weighted by molar-refractivity contribution is -0.126. The van der Waals surface area contributed by atoms with Gasteiger partial charge in [0.05, 0.1) is 12.3 Å². The van der Waals surface area contributed by atoms with Gasteiger partial charge in [0.15, 0.2) is 0 Å². The second kappa shape index (κ2) is 8.59. The predicted octanol–water partition coefficient (Wildman–Crippen LogP) is 2.05. The van der Waals surface area contributed by atoms with E-state index >= 15 is 0 Å². The number of rotatable bonds is 6. The number of carbonyl (C=O) groups is 2. The Bertz CT molecular complexity index is 863. The van der Waals surface area contributed by atoms with Crippen LogP contribution in [0.4, 0.5) is 0 Å². The van der Waals surface area contributed by atoms with E-state index in [1.54, 1.807) is 6.07 Å². The van der Waals surface area contributed by atoms with Gasteiger partial charge in [0.1, 0.15) is 12.3 Å². The third kappa shape index (κ3) is 4.78. The van der Waals surface area contributed by atoms with Crippen molar-refractivity contribution in [1.29, 1.82) is 0 Å². The van der Waals surface area contributed by atoms with Crippen LogP contribution >= 0.6 is 0 Å². The van der Waals surface area contributed by atoms with Gasteiger partial charge in [-0.05, 0) is 11.6 Å². The molecule has 0 fully saturated rings. The number of amides is 2. The number of hydrogen-bond donors (Lipinski definition) is 3. The average Bonchev–Trinajstić information content (AvgIpc) is 3.18. The number of nitrogens with zero attached hydrogens (tertiary/aromatic N) is 1. The molecule has 3 N–H and O–H groups in total. The van der Waals surface area contributed by atoms with Crippen LogP contribution in [-0.4, -0.2) is 28.6 Å². The van der Waals surface area contributed by atoms with Gasteiger partial charge in [0.25, 0.3) is 11.8 Å². The number of benzene rings is 2. The minimum Gasteiger partial charge on any atom is -0.367 e. The zero-order chi connectivity index (χ0) is 18.2. The molecule has 0 aliphatic heterocycles. The lowest BCUT2D eigenvalue weighted by Crippen LogP contribution is -2.43. The first-order chi connectivity index (χ1) is 12.7. The summed E-state index contributed by atoms with van der Waals surface area (Å²) in [6.45, 7) is 0.163. The van der Waals surface area contributed by atoms with Gasteiger partial charge in [-0.2, -0.15) is 5.10 Å². The van der Waals surface area contributed by atoms with Crippen LogP contribution in [-0.2, 0) is 16.1 Å². The summed E-state index contributed by atoms with van der Waals surface area (Å²) in [5.41, 5.74) is 7.38. The highest BCUT2D eigenvalue weighted by Gasteiger charge is 2.12. The maximum Gasteiger partial charge on any atom is 0.287 e. The third-order valence-corrected chi connectivity index (χ3v) is 3.55. The van der Waals surface area contributed by atoms with Crippen molar-refractivity contribution >= 4 is 11.8 Å². The molecule has 1 aromatic heterocycles. The van der Waals surface area contributed by atoms with Crippen LogP contribution in [0.15, 0.2) is 66.7 Å². The van der Waals surface area contributed by atoms with Crippen LogP contribution in [0, 0.1) is 0 Å². The zero-order valence-electron chi connectivity index (χ0n) is 13.9. The molecule has 0 radical (unpaired) electrons. The van der Waals surface area contributed by atoms with Crippen LogP contribution in [0.3, 0.4) is 0 Å². The first-order valence-corrected chi connectivity index (χ1v) is 8.04. The van der Waals surface area contributed by atoms with E-state index < -0.39 is 11.8 Å². The molecule has 1 heterocycles. The minimum absolute atomic E-state index is 0.159. The summed E-state index contributed by atoms with van der Waals surface area (Å²) in [5, 5.41) is 6.74. The van der Waals surface area contributed by atoms with Crippen molar-refractivity contribution in [3.8, 4) is 11.3 Å². The molecule has 0 aliphatic carbocycles. The Morgan fingerprint density at radius 3 is 2.38 bits per heavy atom. The Balaban J connectivity index is 1.43. The van der Waals surface area contributed by atoms with Gasteiger partial charge in [0.2, 0.25) is 0 Å². The average molecular weight is 350 g/mol. The Kier molecular flexibility index (Phi) is 5.74. The highest BCUT2D eigenvalue weighted by molar-refractivity contribution is 5.94. The summed E-state index contributed by atoms with van der Waals surface area (Å²) in [6, 6.07) is 20.6. The van der Waals surface area contributed by atoms with Crippen LogP contribution < -0.4 is 10.9 Å². The van der Waals surface area contributed by atoms with E-state index in [4.69, 9.17) is 4.74 Å². The molecule has 0 saturated carbocycles. The van der Waals surface area contributed by atoms with E-state index in [9.17, 15) is 9.59 Å². The van der Waals surface area contributed by atoms with E-state index in [0.717, 1.165) is 11.1 Å². The van der Waals surface area contributed by atoms with Crippen molar-refractivity contribution in [2.75, 3.05) is 6.61 Å². The largest absolute Gasteiger partial charge is 0.367 e. The van der Waals surface area contributed by atoms with Gasteiger partial charge in [-0.3, -0.25) is 25.5 Å². The van der Waals surface area contributed by atoms with Gasteiger partial charge in [-0.25, -0.2) is 0 Å². The molecule has 0 spiro atoms. The van der Waals surface area contributed by atoms with E-state index in [2.05, 4.69) is 21.0 Å². The molecule has 7 nitrogen and oxygen atoms in total. The molecular formula is C19H18N4O3. The molecule has 3 aromatic rings. The summed E-state index contributed by atoms with van der Waals surface area (Å²) >= 11 is 0. The number of ether oxygens (including phenoxy) is 1. The molecule has 0 aliphatic rings. The predicted molar refractivity (Wildman–Crippen MR) is 95.7 cm³/mol. The fourth-order valence-corrected chi connectivity index (χ4v) is 2.26. The number of H-pyrrole nitrogens is 1. The highest BCUT2D eigenvalue weighted by Crippen LogP contribution is 2.16. The number of aromatic nitrogens is 2. The normalized spacial score (nSPS) is 10.3. The molecule has 132 valence electrons. The molecule has 7 heteroatoms. The van der Waals surface area contributed by atoms with Crippen molar-refractivity contribution in [2.45, 2.75) is 6.61 Å². The molecule has 0 atom stereocenters. The topological polar surface area (TPSA) is 96.1 Å². The number of hydrogen-bond acceptors (Lipinski definition) is 4. The van der Waals surface area contributed by atoms with E-state index in [0.29, 0.717) is 12.3 Å². The van der Waals surface area contributed by atoms with Crippen LogP contribution in [0.25, 0.3) is 11.3 Å². The van der Waals surface area contributed by atoms with Crippen molar-refractivity contribution in [3.63, 3.8) is 0 Å². The highest BCUT2D eigenvalue weighted by atomic mass is 16.5. The Morgan fingerprint density at radius 2 is 1.65 bits per heavy atom. The van der Waals surface area contributed by atoms with E-state index in [1.165, 1.54) is 0 Å². The SMILES string of the molecule is O=C(COCc1ccccc1)NNC(=O)c1cc(-c2ccccc2)n[nH]1. The Labute approximate surface area is 150 Å². The first-order valence-electron chi connectivity index (χ1n) is 8.04. The van der Waals surface area contributed by atoms with Crippen LogP contribution in [0.1, 0.15) is 16.1 Å². The lowest BCUT2D eigenvalue weighted by Gasteiger charge is -2.07. The summed E-state index contributed by atoms with van der Waals surface area (Å²) in [5.74, 6) is -0.937. The number of hydrazine groups is 1. The third-order valence-electron chi connectivity index (χ3n) is 3.55. The van der Waals surface area contributed by atoms with E-state index in [-0.39, 0.29) is 12.3 Å². The summed E-state index contributed by atoms with van der Waals surface area (Å²) in [4.78, 5) is 23.8. The summed E-state index contributed by atoms with van der Waals surface area (Å²) in [6.07, 6.45) is 0. The smallest absolute Gasteiger partial charge is 0.287 e. The standard InChI is InChI=1S/C19H18N4O3/c24-18(13-26-12-14-7-3-1-4-8-14)22-23-19(25)17-11-16(20-21-17)15-9-5-2-6-10-15/h1-11H,12-13H2,(H,20,21)(H,22,24)(H,23,25). The van der Waals surface area contributed by atoms with Gasteiger partial charge >= 0.3 is 0 Å². The number of carbonyl (C=O) groups excluding carboxylic acids is 2. The maximum absolute atomic E-state index is 12.1. The Hall–Kier alpha value is -3.45. The van der Waals surface area contributed by atoms with Crippen LogP contribution in [0.5, 0.6) is 0 Å². The lowest BCUT2D eigenvalue weighted by atomic mass is 10.1. The van der Waals surface area contributed by atoms with Gasteiger partial charge in [0, 0.05) is 5.56 Å². The second-order valence-corrected chi connectivity index (χ2v) is 5.51. The molecule has 0 bridgehead atoms. The van der Waals surface area contributed by atoms with E-state index in [1.807, 2.05) is 60.7 Å². The van der Waals surface area contributed by atoms with Crippen molar-refractivity contribution in [1.82, 2.24) is 21.0 Å². The maximum atomic E-state index is 12.1. The molecule has 0 unspecified atom stereocenters. The van der Waals surface area contributed by atoms with Crippen molar-refractivity contribution in [2.24, 2.45) is 0 Å². The van der Waals surface area contributed by atoms with Crippen molar-refractivity contribution in [3.05, 3.63) is 78.0 Å². The Morgan fingerprint density at radius 1 is 0.962 bits per heavy atom. The first kappa shape index (κ1) is 17.4. The number of aromatic amines is 1. The zero-order valence-corrected chi connectivity index (χ0v) is 13.9. The number of nitrogens with one attached hydrogen (secondary N) is 3. The molecule has 3 rings (SSSR count). The fourth-order valence-electron chi connectivity index (χ4n) is 2.26. The monoisotopic (exact) mass is 350 g/mol. The summed E-state index contributed by atoms with van der Waals surface area (Å²) < 4.78 is 5.30. The minimum atomic E-state index is -0.490. The fraction of sp³-hybridized carbons (Fsp3) is 0.105. The summed E-state index contributed by atoms with van der Waals surface area (Å²) in [7, 11) is 0. The van der Waals surface area contributed by atoms with Gasteiger partial charge in [-0.15, -0.1) is 0 Å². The van der Waals surface area contributed by atoms with Crippen LogP contribution in [0.2, 0.25) is 0 Å². The molecule has 2 aromatic carbocycles. The van der Waals surface area contributed by atoms with Crippen molar-refractivity contribution < 1.29 is 14.3 Å². The second-order valence-electron chi connectivity index (χ2n) is 5.51. The van der Waals surface area contributed by atoms with Gasteiger partial charge < -0.3 is 4.74 Å². The molecule has 26 heavy (non-hydrogen) atoms. The molecule has 2 amide bonds. The molecule has 0 saturated heterocycles. The quantitative estimate of drug-likeness (QED) is 0.593.